The van der Waals surface area contributed by atoms with Gasteiger partial charge in [-0.15, -0.1) is 0 Å². The van der Waals surface area contributed by atoms with Crippen molar-refractivity contribution in [2.75, 3.05) is 13.1 Å². The minimum absolute atomic E-state index is 0.0622. The average Bonchev–Trinajstić information content (AvgIpc) is 3.45. The van der Waals surface area contributed by atoms with E-state index in [4.69, 9.17) is 22.9 Å². The van der Waals surface area contributed by atoms with Crippen LogP contribution in [0, 0.1) is 0 Å². The van der Waals surface area contributed by atoms with Crippen molar-refractivity contribution in [3.63, 3.8) is 0 Å². The molecule has 15 heteroatoms. The van der Waals surface area contributed by atoms with E-state index in [1.54, 1.807) is 18.3 Å². The molecule has 3 rings (SSSR count). The first-order chi connectivity index (χ1) is 22.5. The summed E-state index contributed by atoms with van der Waals surface area (Å²) in [5.74, 6) is -3.25. The number of aromatic nitrogens is 1. The molecule has 0 spiro atoms. The van der Waals surface area contributed by atoms with Crippen LogP contribution in [-0.2, 0) is 32.0 Å². The molecular weight excluding hydrogens is 606 g/mol. The fourth-order valence-corrected chi connectivity index (χ4v) is 5.05. The van der Waals surface area contributed by atoms with Gasteiger partial charge >= 0.3 is 5.97 Å². The summed E-state index contributed by atoms with van der Waals surface area (Å²) < 4.78 is 0. The summed E-state index contributed by atoms with van der Waals surface area (Å²) in [5.41, 5.74) is 24.9. The van der Waals surface area contributed by atoms with Crippen molar-refractivity contribution in [1.29, 1.82) is 0 Å². The number of hydrogen-bond donors (Lipinski definition) is 10. The number of aromatic amines is 1. The average molecular weight is 652 g/mol. The number of carbonyl (C=O) groups excluding carboxylic acids is 3. The molecule has 3 amide bonds. The third kappa shape index (κ3) is 11.6. The molecular formula is C32H45N9O6. The fourth-order valence-electron chi connectivity index (χ4n) is 5.05. The van der Waals surface area contributed by atoms with Crippen molar-refractivity contribution in [1.82, 2.24) is 20.9 Å². The Kier molecular flexibility index (Phi) is 14.0. The third-order valence-electron chi connectivity index (χ3n) is 7.60. The molecule has 0 aliphatic rings. The van der Waals surface area contributed by atoms with Crippen LogP contribution in [0.3, 0.4) is 0 Å². The fraction of sp³-hybridized carbons (Fsp3) is 0.406. The highest BCUT2D eigenvalue weighted by atomic mass is 16.4. The van der Waals surface area contributed by atoms with Crippen molar-refractivity contribution >= 4 is 40.6 Å². The van der Waals surface area contributed by atoms with E-state index in [0.717, 1.165) is 16.5 Å². The number of aromatic hydroxyl groups is 1. The number of carboxylic acid groups (broad SMARTS) is 1. The van der Waals surface area contributed by atoms with Crippen LogP contribution >= 0.6 is 0 Å². The van der Waals surface area contributed by atoms with Crippen LogP contribution < -0.4 is 38.9 Å². The van der Waals surface area contributed by atoms with Gasteiger partial charge in [0.15, 0.2) is 5.96 Å². The van der Waals surface area contributed by atoms with Gasteiger partial charge in [-0.2, -0.15) is 0 Å². The number of aliphatic carboxylic acids is 1. The van der Waals surface area contributed by atoms with Gasteiger partial charge < -0.3 is 54.1 Å². The lowest BCUT2D eigenvalue weighted by Crippen LogP contribution is -2.57. The molecule has 2 aromatic carbocycles. The van der Waals surface area contributed by atoms with Crippen molar-refractivity contribution in [3.05, 3.63) is 65.9 Å². The lowest BCUT2D eigenvalue weighted by molar-refractivity contribution is -0.142. The van der Waals surface area contributed by atoms with Crippen LogP contribution in [-0.4, -0.2) is 82.1 Å². The maximum absolute atomic E-state index is 13.9. The van der Waals surface area contributed by atoms with Crippen LogP contribution in [0.4, 0.5) is 0 Å². The summed E-state index contributed by atoms with van der Waals surface area (Å²) in [5, 5.41) is 28.1. The van der Waals surface area contributed by atoms with Crippen LogP contribution in [0.2, 0.25) is 0 Å². The largest absolute Gasteiger partial charge is 0.508 e. The molecule has 0 radical (unpaired) electrons. The van der Waals surface area contributed by atoms with E-state index >= 15 is 0 Å². The molecule has 4 unspecified atom stereocenters. The number of nitrogens with one attached hydrogen (secondary N) is 4. The second-order valence-electron chi connectivity index (χ2n) is 11.3. The highest BCUT2D eigenvalue weighted by Crippen LogP contribution is 2.20. The number of benzene rings is 2. The van der Waals surface area contributed by atoms with Gasteiger partial charge in [0.1, 0.15) is 23.9 Å². The molecule has 4 atom stereocenters. The topological polar surface area (TPSA) is 277 Å². The molecule has 0 bridgehead atoms. The van der Waals surface area contributed by atoms with Gasteiger partial charge in [-0.05, 0) is 74.4 Å². The van der Waals surface area contributed by atoms with E-state index < -0.39 is 47.9 Å². The van der Waals surface area contributed by atoms with Gasteiger partial charge in [-0.1, -0.05) is 30.3 Å². The number of carbonyl (C=O) groups is 4. The summed E-state index contributed by atoms with van der Waals surface area (Å²) in [4.78, 5) is 59.5. The van der Waals surface area contributed by atoms with E-state index in [1.165, 1.54) is 12.1 Å². The number of para-hydroxylation sites is 1. The van der Waals surface area contributed by atoms with Gasteiger partial charge in [-0.3, -0.25) is 19.4 Å². The van der Waals surface area contributed by atoms with E-state index in [9.17, 15) is 29.4 Å². The number of phenols is 1. The predicted octanol–water partition coefficient (Wildman–Crippen LogP) is -0.292. The summed E-state index contributed by atoms with van der Waals surface area (Å²) in [6, 6.07) is 9.20. The summed E-state index contributed by atoms with van der Waals surface area (Å²) in [6.07, 6.45) is 3.55. The standard InChI is InChI=1S/C32H45N9O6/c33-14-4-3-8-26(31(46)47)40-29(44)25(9-5-15-37-32(35)36)39-30(45)27(17-20-18-38-24-7-2-1-6-22(20)24)41-28(43)23(34)16-19-10-12-21(42)13-11-19/h1-2,6-7,10-13,18,23,25-27,38,42H,3-5,8-9,14-17,33-34H2,(H,39,45)(H,40,44)(H,41,43)(H,46,47)(H4,35,36,37). The number of unbranched alkanes of at least 4 members (excludes halogenated alkanes) is 1. The Morgan fingerprint density at radius 3 is 2.13 bits per heavy atom. The van der Waals surface area contributed by atoms with Crippen molar-refractivity contribution in [2.45, 2.75) is 69.1 Å². The molecule has 0 saturated carbocycles. The molecule has 0 saturated heterocycles. The second kappa shape index (κ2) is 18.1. The number of nitrogens with zero attached hydrogens (tertiary/aromatic N) is 1. The normalized spacial score (nSPS) is 13.6. The molecule has 0 aliphatic heterocycles. The molecule has 1 heterocycles. The van der Waals surface area contributed by atoms with Crippen LogP contribution in [0.5, 0.6) is 5.75 Å². The zero-order chi connectivity index (χ0) is 34.3. The number of nitrogens with two attached hydrogens (primary N) is 4. The van der Waals surface area contributed by atoms with Crippen LogP contribution in [0.15, 0.2) is 59.7 Å². The molecule has 14 N–H and O–H groups in total. The summed E-state index contributed by atoms with van der Waals surface area (Å²) >= 11 is 0. The Balaban J connectivity index is 1.83. The molecule has 47 heavy (non-hydrogen) atoms. The maximum atomic E-state index is 13.9. The van der Waals surface area contributed by atoms with E-state index in [0.29, 0.717) is 24.9 Å². The summed E-state index contributed by atoms with van der Waals surface area (Å²) in [7, 11) is 0. The van der Waals surface area contributed by atoms with Crippen molar-refractivity contribution in [3.8, 4) is 5.75 Å². The lowest BCUT2D eigenvalue weighted by Gasteiger charge is -2.25. The van der Waals surface area contributed by atoms with Crippen molar-refractivity contribution < 1.29 is 29.4 Å². The Hall–Kier alpha value is -5.15. The SMILES string of the molecule is NCCCCC(NC(=O)C(CCCN=C(N)N)NC(=O)C(Cc1c[nH]c2ccccc12)NC(=O)C(N)Cc1ccc(O)cc1)C(=O)O. The smallest absolute Gasteiger partial charge is 0.326 e. The Labute approximate surface area is 272 Å². The predicted molar refractivity (Wildman–Crippen MR) is 178 cm³/mol. The zero-order valence-electron chi connectivity index (χ0n) is 26.2. The lowest BCUT2D eigenvalue weighted by atomic mass is 10.0. The first-order valence-electron chi connectivity index (χ1n) is 15.5. The van der Waals surface area contributed by atoms with Crippen LogP contribution in [0.25, 0.3) is 10.9 Å². The molecule has 3 aromatic rings. The van der Waals surface area contributed by atoms with E-state index in [2.05, 4.69) is 25.9 Å². The van der Waals surface area contributed by atoms with Gasteiger partial charge in [0.2, 0.25) is 17.7 Å². The maximum Gasteiger partial charge on any atom is 0.326 e. The first-order valence-corrected chi connectivity index (χ1v) is 15.5. The Morgan fingerprint density at radius 2 is 1.45 bits per heavy atom. The summed E-state index contributed by atoms with van der Waals surface area (Å²) in [6.45, 7) is 0.550. The minimum Gasteiger partial charge on any atom is -0.508 e. The number of rotatable bonds is 19. The minimum atomic E-state index is -1.21. The number of guanidine groups is 1. The second-order valence-corrected chi connectivity index (χ2v) is 11.3. The first kappa shape index (κ1) is 36.3. The Morgan fingerprint density at radius 1 is 0.809 bits per heavy atom. The quantitative estimate of drug-likeness (QED) is 0.0459. The van der Waals surface area contributed by atoms with Gasteiger partial charge in [0.25, 0.3) is 0 Å². The van der Waals surface area contributed by atoms with E-state index in [-0.39, 0.29) is 50.4 Å². The highest BCUT2D eigenvalue weighted by molar-refractivity contribution is 5.95. The Bertz CT molecular complexity index is 1520. The van der Waals surface area contributed by atoms with Crippen LogP contribution in [0.1, 0.15) is 43.2 Å². The number of H-pyrrole nitrogens is 1. The molecule has 0 fully saturated rings. The number of carboxylic acids is 1. The molecule has 15 nitrogen and oxygen atoms in total. The monoisotopic (exact) mass is 651 g/mol. The van der Waals surface area contributed by atoms with Crippen molar-refractivity contribution in [2.24, 2.45) is 27.9 Å². The van der Waals surface area contributed by atoms with E-state index in [1.807, 2.05) is 24.3 Å². The number of phenolic OH excluding ortho intramolecular Hbond substituents is 1. The number of fused-ring (bicyclic) bond motifs is 1. The molecule has 1 aromatic heterocycles. The third-order valence-corrected chi connectivity index (χ3v) is 7.60. The zero-order valence-corrected chi connectivity index (χ0v) is 26.2. The molecule has 0 aliphatic carbocycles. The van der Waals surface area contributed by atoms with Gasteiger partial charge in [0, 0.05) is 30.1 Å². The number of amides is 3. The number of aliphatic imine (C=N–C) groups is 1. The highest BCUT2D eigenvalue weighted by Gasteiger charge is 2.31. The van der Waals surface area contributed by atoms with Gasteiger partial charge in [-0.25, -0.2) is 4.79 Å². The number of hydrogen-bond acceptors (Lipinski definition) is 8. The molecule has 254 valence electrons. The van der Waals surface area contributed by atoms with Gasteiger partial charge in [0.05, 0.1) is 6.04 Å².